The second-order valence-electron chi connectivity index (χ2n) is 7.46. The molecule has 2 aromatic carbocycles. The first kappa shape index (κ1) is 18.9. The average Bonchev–Trinajstić information content (AvgIpc) is 2.63. The van der Waals surface area contributed by atoms with E-state index in [1.807, 2.05) is 42.5 Å². The number of carbonyl (C=O) groups excluding carboxylic acids is 1. The third-order valence-corrected chi connectivity index (χ3v) is 7.59. The summed E-state index contributed by atoms with van der Waals surface area (Å²) >= 11 is 0. The molecule has 5 heteroatoms. The second-order valence-corrected chi connectivity index (χ2v) is 9.79. The molecule has 1 N–H and O–H groups in total. The van der Waals surface area contributed by atoms with Crippen LogP contribution in [-0.4, -0.2) is 25.6 Å². The maximum absolute atomic E-state index is 12.8. The standard InChI is InChI=1S/C21H27NO3S/c1-15-8-3-6-13-20(15)22-21(23)16(2)26(24,25)14-18-11-7-10-17-9-4-5-12-19(17)18/h4-5,7,9-12,15-16,20H,3,6,8,13-14H2,1-2H3,(H,22,23)/t15-,16+,20-/m1/s1. The summed E-state index contributed by atoms with van der Waals surface area (Å²) in [5.74, 6) is -0.0898. The van der Waals surface area contributed by atoms with E-state index in [0.717, 1.165) is 35.6 Å². The predicted octanol–water partition coefficient (Wildman–Crippen LogP) is 3.84. The lowest BCUT2D eigenvalue weighted by molar-refractivity contribution is -0.121. The van der Waals surface area contributed by atoms with Crippen LogP contribution in [0.15, 0.2) is 42.5 Å². The van der Waals surface area contributed by atoms with Crippen molar-refractivity contribution in [3.63, 3.8) is 0 Å². The molecule has 0 bridgehead atoms. The number of nitrogens with one attached hydrogen (secondary N) is 1. The van der Waals surface area contributed by atoms with Gasteiger partial charge in [-0.25, -0.2) is 8.42 Å². The van der Waals surface area contributed by atoms with Crippen LogP contribution in [0.4, 0.5) is 0 Å². The zero-order valence-corrected chi connectivity index (χ0v) is 16.3. The molecule has 0 heterocycles. The largest absolute Gasteiger partial charge is 0.352 e. The van der Waals surface area contributed by atoms with Crippen LogP contribution >= 0.6 is 0 Å². The summed E-state index contributed by atoms with van der Waals surface area (Å²) in [7, 11) is -3.58. The lowest BCUT2D eigenvalue weighted by Gasteiger charge is -2.30. The molecule has 26 heavy (non-hydrogen) atoms. The molecule has 0 aromatic heterocycles. The van der Waals surface area contributed by atoms with Crippen molar-refractivity contribution >= 4 is 26.5 Å². The van der Waals surface area contributed by atoms with Gasteiger partial charge in [-0.2, -0.15) is 0 Å². The SMILES string of the molecule is C[C@@H]1CCCC[C@H]1NC(=O)[C@H](C)S(=O)(=O)Cc1cccc2ccccc12. The Hall–Kier alpha value is -1.88. The van der Waals surface area contributed by atoms with E-state index < -0.39 is 15.1 Å². The lowest BCUT2D eigenvalue weighted by Crippen LogP contribution is -2.47. The molecule has 3 rings (SSSR count). The van der Waals surface area contributed by atoms with Gasteiger partial charge < -0.3 is 5.32 Å². The fraction of sp³-hybridized carbons (Fsp3) is 0.476. The molecule has 4 nitrogen and oxygen atoms in total. The fourth-order valence-corrected chi connectivity index (χ4v) is 5.08. The van der Waals surface area contributed by atoms with Gasteiger partial charge in [-0.1, -0.05) is 62.2 Å². The van der Waals surface area contributed by atoms with Crippen molar-refractivity contribution in [1.29, 1.82) is 0 Å². The zero-order valence-electron chi connectivity index (χ0n) is 15.4. The van der Waals surface area contributed by atoms with E-state index in [1.54, 1.807) is 0 Å². The number of benzene rings is 2. The molecule has 0 radical (unpaired) electrons. The van der Waals surface area contributed by atoms with Crippen molar-refractivity contribution in [2.75, 3.05) is 0 Å². The van der Waals surface area contributed by atoms with Crippen molar-refractivity contribution in [1.82, 2.24) is 5.32 Å². The molecule has 1 saturated carbocycles. The Morgan fingerprint density at radius 3 is 2.58 bits per heavy atom. The predicted molar refractivity (Wildman–Crippen MR) is 106 cm³/mol. The number of amides is 1. The summed E-state index contributed by atoms with van der Waals surface area (Å²) in [5, 5.41) is 3.86. The summed E-state index contributed by atoms with van der Waals surface area (Å²) in [5.41, 5.74) is 0.744. The Labute approximate surface area is 155 Å². The number of rotatable bonds is 5. The Kier molecular flexibility index (Phi) is 5.66. The molecule has 1 aliphatic carbocycles. The van der Waals surface area contributed by atoms with Crippen LogP contribution in [0.25, 0.3) is 10.8 Å². The fourth-order valence-electron chi connectivity index (χ4n) is 3.75. The van der Waals surface area contributed by atoms with E-state index in [-0.39, 0.29) is 17.7 Å². The van der Waals surface area contributed by atoms with Crippen LogP contribution in [0.2, 0.25) is 0 Å². The average molecular weight is 374 g/mol. The van der Waals surface area contributed by atoms with Gasteiger partial charge in [0.15, 0.2) is 9.84 Å². The number of hydrogen-bond acceptors (Lipinski definition) is 3. The van der Waals surface area contributed by atoms with Gasteiger partial charge in [0.25, 0.3) is 0 Å². The Morgan fingerprint density at radius 1 is 1.12 bits per heavy atom. The van der Waals surface area contributed by atoms with Crippen molar-refractivity contribution in [3.8, 4) is 0 Å². The van der Waals surface area contributed by atoms with Crippen LogP contribution in [-0.2, 0) is 20.4 Å². The molecule has 3 atom stereocenters. The van der Waals surface area contributed by atoms with E-state index in [0.29, 0.717) is 5.92 Å². The van der Waals surface area contributed by atoms with Crippen LogP contribution in [0.3, 0.4) is 0 Å². The third-order valence-electron chi connectivity index (χ3n) is 5.58. The van der Waals surface area contributed by atoms with Gasteiger partial charge in [-0.05, 0) is 42.0 Å². The van der Waals surface area contributed by atoms with Gasteiger partial charge >= 0.3 is 0 Å². The maximum atomic E-state index is 12.8. The van der Waals surface area contributed by atoms with Gasteiger partial charge in [0.05, 0.1) is 5.75 Å². The zero-order chi connectivity index (χ0) is 18.7. The second kappa shape index (κ2) is 7.78. The van der Waals surface area contributed by atoms with Crippen molar-refractivity contribution in [2.24, 2.45) is 5.92 Å². The molecule has 1 fully saturated rings. The monoisotopic (exact) mass is 373 g/mol. The van der Waals surface area contributed by atoms with Crippen LogP contribution in [0.5, 0.6) is 0 Å². The number of hydrogen-bond donors (Lipinski definition) is 1. The minimum Gasteiger partial charge on any atom is -0.352 e. The smallest absolute Gasteiger partial charge is 0.238 e. The molecular formula is C21H27NO3S. The molecule has 0 spiro atoms. The van der Waals surface area contributed by atoms with E-state index in [4.69, 9.17) is 0 Å². The lowest BCUT2D eigenvalue weighted by atomic mass is 9.86. The van der Waals surface area contributed by atoms with Crippen molar-refractivity contribution in [2.45, 2.75) is 56.6 Å². The summed E-state index contributed by atoms with van der Waals surface area (Å²) in [6.45, 7) is 3.63. The van der Waals surface area contributed by atoms with Crippen molar-refractivity contribution < 1.29 is 13.2 Å². The van der Waals surface area contributed by atoms with E-state index in [2.05, 4.69) is 12.2 Å². The summed E-state index contributed by atoms with van der Waals surface area (Å²) in [6.07, 6.45) is 4.29. The highest BCUT2D eigenvalue weighted by Gasteiger charge is 2.31. The Morgan fingerprint density at radius 2 is 1.81 bits per heavy atom. The highest BCUT2D eigenvalue weighted by Crippen LogP contribution is 2.25. The van der Waals surface area contributed by atoms with Crippen LogP contribution in [0, 0.1) is 5.92 Å². The Bertz CT molecular complexity index is 886. The van der Waals surface area contributed by atoms with Gasteiger partial charge in [0.1, 0.15) is 5.25 Å². The van der Waals surface area contributed by atoms with Gasteiger partial charge in [-0.3, -0.25) is 4.79 Å². The Balaban J connectivity index is 1.75. The van der Waals surface area contributed by atoms with E-state index in [9.17, 15) is 13.2 Å². The first-order chi connectivity index (χ1) is 12.4. The molecule has 140 valence electrons. The third kappa shape index (κ3) is 4.09. The molecular weight excluding hydrogens is 346 g/mol. The molecule has 1 aliphatic rings. The highest BCUT2D eigenvalue weighted by atomic mass is 32.2. The topological polar surface area (TPSA) is 63.2 Å². The first-order valence-corrected chi connectivity index (χ1v) is 11.1. The number of sulfone groups is 1. The number of fused-ring (bicyclic) bond motifs is 1. The van der Waals surface area contributed by atoms with Gasteiger partial charge in [0.2, 0.25) is 5.91 Å². The molecule has 1 amide bonds. The van der Waals surface area contributed by atoms with E-state index >= 15 is 0 Å². The summed E-state index contributed by atoms with van der Waals surface area (Å²) in [4.78, 5) is 12.6. The maximum Gasteiger partial charge on any atom is 0.238 e. The number of carbonyl (C=O) groups is 1. The molecule has 2 aromatic rings. The first-order valence-electron chi connectivity index (χ1n) is 9.37. The van der Waals surface area contributed by atoms with Gasteiger partial charge in [-0.15, -0.1) is 0 Å². The minimum absolute atomic E-state index is 0.0893. The molecule has 0 unspecified atom stereocenters. The normalized spacial score (nSPS) is 22.1. The summed E-state index contributed by atoms with van der Waals surface area (Å²) < 4.78 is 25.7. The van der Waals surface area contributed by atoms with Crippen molar-refractivity contribution in [3.05, 3.63) is 48.0 Å². The molecule has 0 aliphatic heterocycles. The summed E-state index contributed by atoms with van der Waals surface area (Å²) in [6, 6.07) is 13.5. The quantitative estimate of drug-likeness (QED) is 0.866. The molecule has 0 saturated heterocycles. The highest BCUT2D eigenvalue weighted by molar-refractivity contribution is 7.92. The van der Waals surface area contributed by atoms with Crippen LogP contribution < -0.4 is 5.32 Å². The van der Waals surface area contributed by atoms with Gasteiger partial charge in [0, 0.05) is 6.04 Å². The van der Waals surface area contributed by atoms with Crippen LogP contribution in [0.1, 0.15) is 45.1 Å². The minimum atomic E-state index is -3.58. The van der Waals surface area contributed by atoms with E-state index in [1.165, 1.54) is 13.3 Å².